The molecular weight excluding hydrogens is 336 g/mol. The zero-order valence-corrected chi connectivity index (χ0v) is 14.6. The van der Waals surface area contributed by atoms with Gasteiger partial charge in [-0.1, -0.05) is 29.8 Å². The summed E-state index contributed by atoms with van der Waals surface area (Å²) in [6.07, 6.45) is -0.896. The average molecular weight is 353 g/mol. The van der Waals surface area contributed by atoms with E-state index in [1.54, 1.807) is 13.0 Å². The van der Waals surface area contributed by atoms with Crippen LogP contribution in [0, 0.1) is 13.8 Å². The monoisotopic (exact) mass is 352 g/mol. The van der Waals surface area contributed by atoms with Gasteiger partial charge in [0, 0.05) is 11.6 Å². The van der Waals surface area contributed by atoms with Gasteiger partial charge < -0.3 is 10.1 Å². The third-order valence-electron chi connectivity index (χ3n) is 3.15. The van der Waals surface area contributed by atoms with E-state index in [9.17, 15) is 9.59 Å². The van der Waals surface area contributed by atoms with Gasteiger partial charge in [-0.05, 0) is 32.4 Å². The molecule has 122 valence electrons. The lowest BCUT2D eigenvalue weighted by Gasteiger charge is -2.13. The van der Waals surface area contributed by atoms with Gasteiger partial charge in [0.15, 0.2) is 6.10 Å². The van der Waals surface area contributed by atoms with Crippen molar-refractivity contribution in [2.24, 2.45) is 0 Å². The highest BCUT2D eigenvalue weighted by Gasteiger charge is 2.22. The van der Waals surface area contributed by atoms with Crippen LogP contribution in [-0.2, 0) is 16.1 Å². The molecule has 0 fully saturated rings. The Hall–Kier alpha value is -1.92. The van der Waals surface area contributed by atoms with Crippen molar-refractivity contribution >= 4 is 34.8 Å². The van der Waals surface area contributed by atoms with Crippen LogP contribution in [0.25, 0.3) is 0 Å². The van der Waals surface area contributed by atoms with Crippen molar-refractivity contribution in [1.82, 2.24) is 10.3 Å². The lowest BCUT2D eigenvalue weighted by atomic mass is 10.2. The summed E-state index contributed by atoms with van der Waals surface area (Å²) in [5, 5.41) is 4.06. The third kappa shape index (κ3) is 4.53. The molecule has 0 aliphatic rings. The minimum atomic E-state index is -0.896. The lowest BCUT2D eigenvalue weighted by molar-refractivity contribution is -0.129. The van der Waals surface area contributed by atoms with E-state index in [0.717, 1.165) is 10.6 Å². The van der Waals surface area contributed by atoms with E-state index >= 15 is 0 Å². The molecule has 1 aromatic heterocycles. The Bertz CT molecular complexity index is 730. The fourth-order valence-corrected chi connectivity index (χ4v) is 2.96. The second-order valence-electron chi connectivity index (χ2n) is 5.00. The van der Waals surface area contributed by atoms with Crippen molar-refractivity contribution < 1.29 is 14.3 Å². The molecular formula is C16H17ClN2O3S. The van der Waals surface area contributed by atoms with E-state index in [4.69, 9.17) is 16.3 Å². The van der Waals surface area contributed by atoms with Crippen LogP contribution in [0.4, 0.5) is 0 Å². The standard InChI is InChI=1S/C16H17ClN2O3S/c1-9-14(23-11(3)19-9)16(21)22-10(2)15(20)18-8-12-6-4-5-7-13(12)17/h4-7,10H,8H2,1-3H3,(H,18,20)/t10-/m0/s1. The number of aryl methyl sites for hydroxylation is 2. The van der Waals surface area contributed by atoms with Crippen molar-refractivity contribution in [3.8, 4) is 0 Å². The Labute approximate surface area is 143 Å². The molecule has 1 N–H and O–H groups in total. The highest BCUT2D eigenvalue weighted by atomic mass is 35.5. The first-order chi connectivity index (χ1) is 10.9. The molecule has 5 nitrogen and oxygen atoms in total. The molecule has 2 aromatic rings. The number of benzene rings is 1. The predicted molar refractivity (Wildman–Crippen MR) is 89.8 cm³/mol. The second-order valence-corrected chi connectivity index (χ2v) is 6.61. The maximum atomic E-state index is 12.1. The van der Waals surface area contributed by atoms with E-state index in [0.29, 0.717) is 15.6 Å². The number of halogens is 1. The normalized spacial score (nSPS) is 11.8. The highest BCUT2D eigenvalue weighted by molar-refractivity contribution is 7.13. The number of hydrogen-bond donors (Lipinski definition) is 1. The number of nitrogens with one attached hydrogen (secondary N) is 1. The quantitative estimate of drug-likeness (QED) is 0.838. The summed E-state index contributed by atoms with van der Waals surface area (Å²) >= 11 is 7.28. The van der Waals surface area contributed by atoms with Crippen molar-refractivity contribution in [3.63, 3.8) is 0 Å². The summed E-state index contributed by atoms with van der Waals surface area (Å²) in [4.78, 5) is 28.7. The van der Waals surface area contributed by atoms with Crippen LogP contribution in [0.3, 0.4) is 0 Å². The summed E-state index contributed by atoms with van der Waals surface area (Å²) < 4.78 is 5.20. The van der Waals surface area contributed by atoms with Gasteiger partial charge in [-0.3, -0.25) is 4.79 Å². The largest absolute Gasteiger partial charge is 0.448 e. The number of rotatable bonds is 5. The van der Waals surface area contributed by atoms with E-state index in [-0.39, 0.29) is 12.5 Å². The number of amides is 1. The average Bonchev–Trinajstić information content (AvgIpc) is 2.84. The molecule has 0 bridgehead atoms. The maximum Gasteiger partial charge on any atom is 0.351 e. The Morgan fingerprint density at radius 1 is 1.35 bits per heavy atom. The van der Waals surface area contributed by atoms with Crippen LogP contribution in [-0.4, -0.2) is 23.0 Å². The molecule has 1 atom stereocenters. The van der Waals surface area contributed by atoms with Crippen LogP contribution in [0.5, 0.6) is 0 Å². The highest BCUT2D eigenvalue weighted by Crippen LogP contribution is 2.19. The number of ether oxygens (including phenoxy) is 1. The molecule has 0 saturated carbocycles. The summed E-state index contributed by atoms with van der Waals surface area (Å²) in [7, 11) is 0. The summed E-state index contributed by atoms with van der Waals surface area (Å²) in [5.41, 5.74) is 1.41. The van der Waals surface area contributed by atoms with Gasteiger partial charge in [-0.15, -0.1) is 11.3 Å². The number of thiazole rings is 1. The SMILES string of the molecule is Cc1nc(C)c(C(=O)O[C@@H](C)C(=O)NCc2ccccc2Cl)s1. The number of hydrogen-bond acceptors (Lipinski definition) is 5. The van der Waals surface area contributed by atoms with Gasteiger partial charge in [0.25, 0.3) is 5.91 Å². The molecule has 2 rings (SSSR count). The van der Waals surface area contributed by atoms with Gasteiger partial charge >= 0.3 is 5.97 Å². The van der Waals surface area contributed by atoms with Gasteiger partial charge in [0.2, 0.25) is 0 Å². The number of nitrogens with zero attached hydrogens (tertiary/aromatic N) is 1. The number of carbonyl (C=O) groups is 2. The molecule has 0 aliphatic carbocycles. The van der Waals surface area contributed by atoms with Crippen molar-refractivity contribution in [3.05, 3.63) is 50.4 Å². The third-order valence-corrected chi connectivity index (χ3v) is 4.57. The molecule has 1 heterocycles. The van der Waals surface area contributed by atoms with E-state index in [1.807, 2.05) is 25.1 Å². The first-order valence-electron chi connectivity index (χ1n) is 7.04. The van der Waals surface area contributed by atoms with Crippen LogP contribution < -0.4 is 5.32 Å². The van der Waals surface area contributed by atoms with Gasteiger partial charge in [0.1, 0.15) is 4.88 Å². The second kappa shape index (κ2) is 7.57. The van der Waals surface area contributed by atoms with Gasteiger partial charge in [-0.25, -0.2) is 9.78 Å². The van der Waals surface area contributed by atoms with Crippen LogP contribution in [0.1, 0.15) is 32.9 Å². The fraction of sp³-hybridized carbons (Fsp3) is 0.312. The molecule has 0 radical (unpaired) electrons. The molecule has 0 unspecified atom stereocenters. The van der Waals surface area contributed by atoms with Gasteiger partial charge in [0.05, 0.1) is 10.7 Å². The zero-order chi connectivity index (χ0) is 17.0. The van der Waals surface area contributed by atoms with E-state index < -0.39 is 12.1 Å². The first kappa shape index (κ1) is 17.4. The minimum Gasteiger partial charge on any atom is -0.448 e. The Kier molecular flexibility index (Phi) is 5.74. The van der Waals surface area contributed by atoms with Crippen molar-refractivity contribution in [1.29, 1.82) is 0 Å². The predicted octanol–water partition coefficient (Wildman–Crippen LogP) is 3.28. The Balaban J connectivity index is 1.91. The molecule has 7 heteroatoms. The maximum absolute atomic E-state index is 12.1. The number of esters is 1. The summed E-state index contributed by atoms with van der Waals surface area (Å²) in [5.74, 6) is -0.911. The fourth-order valence-electron chi connectivity index (χ4n) is 1.96. The van der Waals surface area contributed by atoms with Gasteiger partial charge in [-0.2, -0.15) is 0 Å². The molecule has 1 aromatic carbocycles. The van der Waals surface area contributed by atoms with Crippen molar-refractivity contribution in [2.45, 2.75) is 33.4 Å². The first-order valence-corrected chi connectivity index (χ1v) is 8.24. The van der Waals surface area contributed by atoms with E-state index in [2.05, 4.69) is 10.3 Å². The van der Waals surface area contributed by atoms with Crippen molar-refractivity contribution in [2.75, 3.05) is 0 Å². The molecule has 1 amide bonds. The molecule has 0 saturated heterocycles. The molecule has 0 spiro atoms. The summed E-state index contributed by atoms with van der Waals surface area (Å²) in [6.45, 7) is 5.36. The minimum absolute atomic E-state index is 0.277. The van der Waals surface area contributed by atoms with Crippen LogP contribution in [0.2, 0.25) is 5.02 Å². The molecule has 0 aliphatic heterocycles. The van der Waals surface area contributed by atoms with E-state index in [1.165, 1.54) is 18.3 Å². The molecule has 23 heavy (non-hydrogen) atoms. The summed E-state index contributed by atoms with van der Waals surface area (Å²) in [6, 6.07) is 7.23. The zero-order valence-electron chi connectivity index (χ0n) is 13.1. The number of carbonyl (C=O) groups excluding carboxylic acids is 2. The Morgan fingerprint density at radius 3 is 2.65 bits per heavy atom. The van der Waals surface area contributed by atoms with Crippen LogP contribution >= 0.6 is 22.9 Å². The topological polar surface area (TPSA) is 68.3 Å². The Morgan fingerprint density at radius 2 is 2.04 bits per heavy atom. The smallest absolute Gasteiger partial charge is 0.351 e. The van der Waals surface area contributed by atoms with Crippen LogP contribution in [0.15, 0.2) is 24.3 Å². The number of aromatic nitrogens is 1. The lowest BCUT2D eigenvalue weighted by Crippen LogP contribution is -2.35.